The molecular formula is C24H29N5O2. The first-order chi connectivity index (χ1) is 15.2. The summed E-state index contributed by atoms with van der Waals surface area (Å²) in [4.78, 5) is 15.1. The largest absolute Gasteiger partial charge is 0.477 e. The Kier molecular flexibility index (Phi) is 6.60. The molecule has 1 saturated heterocycles. The number of carbonyl (C=O) groups excluding carboxylic acids is 1. The van der Waals surface area contributed by atoms with Crippen molar-refractivity contribution in [2.24, 2.45) is 5.92 Å². The van der Waals surface area contributed by atoms with Gasteiger partial charge in [-0.25, -0.2) is 4.68 Å². The first kappa shape index (κ1) is 21.0. The first-order valence-corrected chi connectivity index (χ1v) is 11.0. The Hall–Kier alpha value is -3.22. The Bertz CT molecular complexity index is 993. The molecule has 0 N–H and O–H groups in total. The molecule has 0 aliphatic carbocycles. The molecule has 31 heavy (non-hydrogen) atoms. The third-order valence-corrected chi connectivity index (χ3v) is 5.96. The van der Waals surface area contributed by atoms with E-state index in [-0.39, 0.29) is 5.91 Å². The lowest BCUT2D eigenvalue weighted by Crippen LogP contribution is -2.38. The molecule has 162 valence electrons. The van der Waals surface area contributed by atoms with Crippen LogP contribution in [0.2, 0.25) is 0 Å². The standard InChI is InChI=1S/C24H29N5O2/c1-3-31-23-12-11-22(26-27-23)29-18(2)21(17-25-29)24(30)28-15-13-20(14-16-28)10-9-19-7-5-4-6-8-19/h4-8,11-12,17,20H,3,9-10,13-16H2,1-2H3. The maximum atomic E-state index is 13.1. The van der Waals surface area contributed by atoms with E-state index < -0.39 is 0 Å². The number of carbonyl (C=O) groups is 1. The second kappa shape index (κ2) is 9.73. The Morgan fingerprint density at radius 2 is 1.87 bits per heavy atom. The lowest BCUT2D eigenvalue weighted by molar-refractivity contribution is 0.0686. The SMILES string of the molecule is CCOc1ccc(-n2ncc(C(=O)N3CCC(CCc4ccccc4)CC3)c2C)nn1. The van der Waals surface area contributed by atoms with E-state index in [9.17, 15) is 4.79 Å². The second-order valence-corrected chi connectivity index (χ2v) is 7.98. The van der Waals surface area contributed by atoms with Gasteiger partial charge in [0, 0.05) is 19.2 Å². The topological polar surface area (TPSA) is 73.1 Å². The quantitative estimate of drug-likeness (QED) is 0.582. The number of aromatic nitrogens is 4. The maximum Gasteiger partial charge on any atom is 0.257 e. The molecule has 0 unspecified atom stereocenters. The van der Waals surface area contributed by atoms with Gasteiger partial charge in [-0.15, -0.1) is 10.2 Å². The molecule has 7 nitrogen and oxygen atoms in total. The van der Waals surface area contributed by atoms with E-state index in [0.717, 1.165) is 38.0 Å². The van der Waals surface area contributed by atoms with Crippen LogP contribution in [0.3, 0.4) is 0 Å². The Labute approximate surface area is 183 Å². The summed E-state index contributed by atoms with van der Waals surface area (Å²) in [5.41, 5.74) is 2.79. The minimum absolute atomic E-state index is 0.0455. The van der Waals surface area contributed by atoms with Gasteiger partial charge in [-0.3, -0.25) is 4.79 Å². The van der Waals surface area contributed by atoms with Gasteiger partial charge in [0.15, 0.2) is 5.82 Å². The van der Waals surface area contributed by atoms with E-state index in [1.54, 1.807) is 23.0 Å². The average Bonchev–Trinajstić information content (AvgIpc) is 3.20. The van der Waals surface area contributed by atoms with Gasteiger partial charge < -0.3 is 9.64 Å². The summed E-state index contributed by atoms with van der Waals surface area (Å²) in [7, 11) is 0. The van der Waals surface area contributed by atoms with Crippen LogP contribution in [0.25, 0.3) is 5.82 Å². The minimum atomic E-state index is 0.0455. The number of amides is 1. The number of benzene rings is 1. The predicted molar refractivity (Wildman–Crippen MR) is 118 cm³/mol. The molecule has 2 aromatic heterocycles. The summed E-state index contributed by atoms with van der Waals surface area (Å²) in [6.07, 6.45) is 6.03. The molecule has 0 saturated carbocycles. The van der Waals surface area contributed by atoms with Crippen molar-refractivity contribution in [3.8, 4) is 11.7 Å². The predicted octanol–water partition coefficient (Wildman–Crippen LogP) is 3.85. The summed E-state index contributed by atoms with van der Waals surface area (Å²) in [6.45, 7) is 5.93. The highest BCUT2D eigenvalue weighted by atomic mass is 16.5. The van der Waals surface area contributed by atoms with Gasteiger partial charge in [-0.2, -0.15) is 5.10 Å². The van der Waals surface area contributed by atoms with Crippen molar-refractivity contribution in [3.63, 3.8) is 0 Å². The lowest BCUT2D eigenvalue weighted by atomic mass is 9.90. The van der Waals surface area contributed by atoms with Crippen molar-refractivity contribution in [2.75, 3.05) is 19.7 Å². The van der Waals surface area contributed by atoms with Crippen LogP contribution in [-0.2, 0) is 6.42 Å². The van der Waals surface area contributed by atoms with Gasteiger partial charge in [0.05, 0.1) is 24.1 Å². The maximum absolute atomic E-state index is 13.1. The van der Waals surface area contributed by atoms with E-state index in [0.29, 0.717) is 29.8 Å². The van der Waals surface area contributed by atoms with Crippen molar-refractivity contribution in [1.82, 2.24) is 24.9 Å². The summed E-state index contributed by atoms with van der Waals surface area (Å²) in [5, 5.41) is 12.6. The van der Waals surface area contributed by atoms with E-state index in [2.05, 4.69) is 45.6 Å². The van der Waals surface area contributed by atoms with Crippen LogP contribution in [0.1, 0.15) is 47.8 Å². The van der Waals surface area contributed by atoms with E-state index >= 15 is 0 Å². The molecule has 4 rings (SSSR count). The van der Waals surface area contributed by atoms with Crippen LogP contribution in [0.15, 0.2) is 48.7 Å². The average molecular weight is 420 g/mol. The summed E-state index contributed by atoms with van der Waals surface area (Å²) in [6, 6.07) is 14.2. The smallest absolute Gasteiger partial charge is 0.257 e. The van der Waals surface area contributed by atoms with Gasteiger partial charge in [0.25, 0.3) is 5.91 Å². The summed E-state index contributed by atoms with van der Waals surface area (Å²) < 4.78 is 6.99. The lowest BCUT2D eigenvalue weighted by Gasteiger charge is -2.32. The number of rotatable bonds is 7. The molecular weight excluding hydrogens is 390 g/mol. The molecule has 0 spiro atoms. The fourth-order valence-electron chi connectivity index (χ4n) is 4.11. The van der Waals surface area contributed by atoms with Gasteiger partial charge in [-0.1, -0.05) is 30.3 Å². The van der Waals surface area contributed by atoms with Crippen molar-refractivity contribution in [1.29, 1.82) is 0 Å². The molecule has 7 heteroatoms. The van der Waals surface area contributed by atoms with Gasteiger partial charge in [0.2, 0.25) is 5.88 Å². The fraction of sp³-hybridized carbons (Fsp3) is 0.417. The zero-order valence-electron chi connectivity index (χ0n) is 18.2. The van der Waals surface area contributed by atoms with Crippen LogP contribution in [0, 0.1) is 12.8 Å². The summed E-state index contributed by atoms with van der Waals surface area (Å²) in [5.74, 6) is 1.76. The number of aryl methyl sites for hydroxylation is 1. The molecule has 1 aromatic carbocycles. The van der Waals surface area contributed by atoms with E-state index in [4.69, 9.17) is 4.74 Å². The molecule has 0 bridgehead atoms. The minimum Gasteiger partial charge on any atom is -0.477 e. The Morgan fingerprint density at radius 1 is 1.10 bits per heavy atom. The fourth-order valence-corrected chi connectivity index (χ4v) is 4.11. The van der Waals surface area contributed by atoms with Crippen molar-refractivity contribution >= 4 is 5.91 Å². The van der Waals surface area contributed by atoms with Crippen LogP contribution in [0.5, 0.6) is 5.88 Å². The number of hydrogen-bond acceptors (Lipinski definition) is 5. The van der Waals surface area contributed by atoms with Gasteiger partial charge in [-0.05, 0) is 57.1 Å². The number of nitrogens with zero attached hydrogens (tertiary/aromatic N) is 5. The molecule has 3 heterocycles. The number of piperidine rings is 1. The van der Waals surface area contributed by atoms with Crippen LogP contribution in [0.4, 0.5) is 0 Å². The molecule has 1 aliphatic rings. The number of likely N-dealkylation sites (tertiary alicyclic amines) is 1. The van der Waals surface area contributed by atoms with Crippen molar-refractivity contribution < 1.29 is 9.53 Å². The molecule has 0 radical (unpaired) electrons. The highest BCUT2D eigenvalue weighted by molar-refractivity contribution is 5.95. The first-order valence-electron chi connectivity index (χ1n) is 11.0. The van der Waals surface area contributed by atoms with Crippen molar-refractivity contribution in [3.05, 3.63) is 65.5 Å². The number of ether oxygens (including phenoxy) is 1. The normalized spacial score (nSPS) is 14.6. The highest BCUT2D eigenvalue weighted by Crippen LogP contribution is 2.24. The zero-order valence-corrected chi connectivity index (χ0v) is 18.2. The van der Waals surface area contributed by atoms with E-state index in [1.165, 1.54) is 12.0 Å². The third kappa shape index (κ3) is 4.93. The monoisotopic (exact) mass is 419 g/mol. The van der Waals surface area contributed by atoms with Crippen LogP contribution < -0.4 is 4.74 Å². The Morgan fingerprint density at radius 3 is 2.55 bits per heavy atom. The highest BCUT2D eigenvalue weighted by Gasteiger charge is 2.26. The number of hydrogen-bond donors (Lipinski definition) is 0. The molecule has 1 fully saturated rings. The van der Waals surface area contributed by atoms with Crippen molar-refractivity contribution in [2.45, 2.75) is 39.5 Å². The summed E-state index contributed by atoms with van der Waals surface area (Å²) >= 11 is 0. The van der Waals surface area contributed by atoms with E-state index in [1.807, 2.05) is 18.7 Å². The van der Waals surface area contributed by atoms with Gasteiger partial charge >= 0.3 is 0 Å². The molecule has 1 amide bonds. The second-order valence-electron chi connectivity index (χ2n) is 7.98. The third-order valence-electron chi connectivity index (χ3n) is 5.96. The van der Waals surface area contributed by atoms with Crippen LogP contribution in [-0.4, -0.2) is 50.5 Å². The molecule has 1 aliphatic heterocycles. The molecule has 0 atom stereocenters. The van der Waals surface area contributed by atoms with Crippen LogP contribution >= 0.6 is 0 Å². The zero-order chi connectivity index (χ0) is 21.6. The molecule has 3 aromatic rings. The Balaban J connectivity index is 1.35. The van der Waals surface area contributed by atoms with Gasteiger partial charge in [0.1, 0.15) is 0 Å².